The number of benzene rings is 2. The average molecular weight is 407 g/mol. The van der Waals surface area contributed by atoms with E-state index >= 15 is 0 Å². The van der Waals surface area contributed by atoms with Crippen molar-refractivity contribution in [3.8, 4) is 11.5 Å². The van der Waals surface area contributed by atoms with Crippen molar-refractivity contribution in [3.05, 3.63) is 54.6 Å². The minimum atomic E-state index is -3.81. The molecule has 0 heterocycles. The summed E-state index contributed by atoms with van der Waals surface area (Å²) in [5.74, 6) is 0.736. The lowest BCUT2D eigenvalue weighted by atomic mass is 10.3. The molecular weight excluding hydrogens is 382 g/mol. The maximum atomic E-state index is 12.6. The molecule has 1 N–H and O–H groups in total. The molecule has 2 aromatic carbocycles. The molecule has 0 bridgehead atoms. The van der Waals surface area contributed by atoms with Crippen molar-refractivity contribution in [2.24, 2.45) is 0 Å². The fourth-order valence-electron chi connectivity index (χ4n) is 2.37. The van der Waals surface area contributed by atoms with Gasteiger partial charge in [-0.1, -0.05) is 30.3 Å². The van der Waals surface area contributed by atoms with Gasteiger partial charge in [0.05, 0.1) is 19.3 Å². The van der Waals surface area contributed by atoms with Gasteiger partial charge in [0.1, 0.15) is 13.2 Å². The van der Waals surface area contributed by atoms with Gasteiger partial charge in [-0.3, -0.25) is 4.79 Å². The van der Waals surface area contributed by atoms with Crippen LogP contribution in [0.2, 0.25) is 0 Å². The second-order valence-electron chi connectivity index (χ2n) is 5.98. The maximum absolute atomic E-state index is 12.6. The smallest absolute Gasteiger partial charge is 0.304 e. The summed E-state index contributed by atoms with van der Waals surface area (Å²) in [5, 5.41) is 2.67. The summed E-state index contributed by atoms with van der Waals surface area (Å²) in [4.78, 5) is 12.3. The molecule has 0 fully saturated rings. The van der Waals surface area contributed by atoms with E-state index in [9.17, 15) is 13.2 Å². The van der Waals surface area contributed by atoms with Crippen LogP contribution in [0.1, 0.15) is 0 Å². The van der Waals surface area contributed by atoms with Gasteiger partial charge in [-0.15, -0.1) is 0 Å². The SMILES string of the molecule is COc1ccccc1OCCNC(=O)CN(c1ccccc1)S(=O)(=O)N(C)C. The number of ether oxygens (including phenoxy) is 2. The van der Waals surface area contributed by atoms with Gasteiger partial charge in [-0.2, -0.15) is 12.7 Å². The zero-order valence-electron chi connectivity index (χ0n) is 16.2. The van der Waals surface area contributed by atoms with Gasteiger partial charge in [-0.05, 0) is 24.3 Å². The van der Waals surface area contributed by atoms with E-state index in [0.29, 0.717) is 17.2 Å². The van der Waals surface area contributed by atoms with Crippen LogP contribution in [-0.2, 0) is 15.0 Å². The Balaban J connectivity index is 1.95. The molecule has 152 valence electrons. The van der Waals surface area contributed by atoms with Gasteiger partial charge in [0.2, 0.25) is 5.91 Å². The van der Waals surface area contributed by atoms with Crippen LogP contribution in [0.3, 0.4) is 0 Å². The molecule has 0 aliphatic rings. The number of hydrogen-bond acceptors (Lipinski definition) is 5. The number of para-hydroxylation sites is 3. The topological polar surface area (TPSA) is 88.2 Å². The molecule has 0 saturated carbocycles. The van der Waals surface area contributed by atoms with Crippen LogP contribution in [0.4, 0.5) is 5.69 Å². The predicted molar refractivity (Wildman–Crippen MR) is 108 cm³/mol. The van der Waals surface area contributed by atoms with E-state index < -0.39 is 16.1 Å². The zero-order chi connectivity index (χ0) is 20.6. The lowest BCUT2D eigenvalue weighted by Gasteiger charge is -2.26. The molecule has 0 saturated heterocycles. The molecule has 0 aliphatic heterocycles. The lowest BCUT2D eigenvalue weighted by molar-refractivity contribution is -0.119. The Bertz CT molecular complexity index is 872. The first-order valence-electron chi connectivity index (χ1n) is 8.64. The second-order valence-corrected chi connectivity index (χ2v) is 8.05. The highest BCUT2D eigenvalue weighted by atomic mass is 32.2. The van der Waals surface area contributed by atoms with Crippen LogP contribution in [-0.4, -0.2) is 59.5 Å². The number of carbonyl (C=O) groups is 1. The Labute approximate surface area is 165 Å². The highest BCUT2D eigenvalue weighted by Gasteiger charge is 2.26. The van der Waals surface area contributed by atoms with E-state index in [-0.39, 0.29) is 19.7 Å². The Morgan fingerprint density at radius 1 is 1.00 bits per heavy atom. The number of amides is 1. The third-order valence-corrected chi connectivity index (χ3v) is 5.64. The first kappa shape index (κ1) is 21.5. The highest BCUT2D eigenvalue weighted by Crippen LogP contribution is 2.25. The third-order valence-electron chi connectivity index (χ3n) is 3.82. The van der Waals surface area contributed by atoms with E-state index in [2.05, 4.69) is 5.32 Å². The molecule has 0 aliphatic carbocycles. The summed E-state index contributed by atoms with van der Waals surface area (Å²) >= 11 is 0. The molecule has 0 radical (unpaired) electrons. The number of anilines is 1. The minimum absolute atomic E-state index is 0.220. The van der Waals surface area contributed by atoms with Gasteiger partial charge in [0.15, 0.2) is 11.5 Å². The van der Waals surface area contributed by atoms with Crippen molar-refractivity contribution < 1.29 is 22.7 Å². The van der Waals surface area contributed by atoms with E-state index in [1.807, 2.05) is 12.1 Å². The van der Waals surface area contributed by atoms with Crippen LogP contribution in [0.15, 0.2) is 54.6 Å². The molecule has 28 heavy (non-hydrogen) atoms. The first-order valence-corrected chi connectivity index (χ1v) is 10.0. The number of methoxy groups -OCH3 is 1. The molecule has 9 heteroatoms. The molecule has 1 amide bonds. The molecule has 2 aromatic rings. The molecule has 0 atom stereocenters. The number of hydrogen-bond donors (Lipinski definition) is 1. The van der Waals surface area contributed by atoms with Crippen molar-refractivity contribution in [1.29, 1.82) is 0 Å². The van der Waals surface area contributed by atoms with Crippen LogP contribution < -0.4 is 19.1 Å². The number of nitrogens with one attached hydrogen (secondary N) is 1. The number of rotatable bonds is 10. The molecular formula is C19H25N3O5S. The quantitative estimate of drug-likeness (QED) is 0.603. The summed E-state index contributed by atoms with van der Waals surface area (Å²) < 4.78 is 38.1. The molecule has 0 aromatic heterocycles. The normalized spacial score (nSPS) is 11.1. The Morgan fingerprint density at radius 3 is 2.21 bits per heavy atom. The van der Waals surface area contributed by atoms with Crippen molar-refractivity contribution in [2.75, 3.05) is 45.2 Å². The standard InChI is InChI=1S/C19H25N3O5S/c1-21(2)28(24,25)22(16-9-5-4-6-10-16)15-19(23)20-13-14-27-18-12-8-7-11-17(18)26-3/h4-12H,13-15H2,1-3H3,(H,20,23). The number of nitrogens with zero attached hydrogens (tertiary/aromatic N) is 2. The fraction of sp³-hybridized carbons (Fsp3) is 0.316. The largest absolute Gasteiger partial charge is 0.493 e. The number of carbonyl (C=O) groups excluding carboxylic acids is 1. The van der Waals surface area contributed by atoms with Crippen molar-refractivity contribution >= 4 is 21.8 Å². The highest BCUT2D eigenvalue weighted by molar-refractivity contribution is 7.90. The molecule has 0 unspecified atom stereocenters. The predicted octanol–water partition coefficient (Wildman–Crippen LogP) is 1.50. The van der Waals surface area contributed by atoms with E-state index in [1.54, 1.807) is 49.6 Å². The minimum Gasteiger partial charge on any atom is -0.493 e. The van der Waals surface area contributed by atoms with Crippen LogP contribution in [0, 0.1) is 0 Å². The van der Waals surface area contributed by atoms with Crippen LogP contribution in [0.25, 0.3) is 0 Å². The second kappa shape index (κ2) is 9.95. The summed E-state index contributed by atoms with van der Waals surface area (Å²) in [5.41, 5.74) is 0.414. The van der Waals surface area contributed by atoms with Crippen LogP contribution in [0.5, 0.6) is 11.5 Å². The van der Waals surface area contributed by atoms with Gasteiger partial charge in [0.25, 0.3) is 0 Å². The van der Waals surface area contributed by atoms with Gasteiger partial charge >= 0.3 is 10.2 Å². The third kappa shape index (κ3) is 5.61. The monoisotopic (exact) mass is 407 g/mol. The van der Waals surface area contributed by atoms with Crippen molar-refractivity contribution in [1.82, 2.24) is 9.62 Å². The van der Waals surface area contributed by atoms with E-state index in [0.717, 1.165) is 8.61 Å². The zero-order valence-corrected chi connectivity index (χ0v) is 17.0. The Morgan fingerprint density at radius 2 is 1.61 bits per heavy atom. The Hall–Kier alpha value is -2.78. The summed E-state index contributed by atoms with van der Waals surface area (Å²) in [7, 11) is 0.579. The molecule has 2 rings (SSSR count). The van der Waals surface area contributed by atoms with E-state index in [1.165, 1.54) is 14.1 Å². The summed E-state index contributed by atoms with van der Waals surface area (Å²) in [6, 6.07) is 15.7. The average Bonchev–Trinajstić information content (AvgIpc) is 2.70. The summed E-state index contributed by atoms with van der Waals surface area (Å²) in [6.45, 7) is 0.110. The molecule has 8 nitrogen and oxygen atoms in total. The molecule has 0 spiro atoms. The van der Waals surface area contributed by atoms with Gasteiger partial charge in [0, 0.05) is 14.1 Å². The van der Waals surface area contributed by atoms with Crippen molar-refractivity contribution in [2.45, 2.75) is 0 Å². The van der Waals surface area contributed by atoms with Crippen LogP contribution >= 0.6 is 0 Å². The van der Waals surface area contributed by atoms with Gasteiger partial charge < -0.3 is 14.8 Å². The maximum Gasteiger partial charge on any atom is 0.304 e. The van der Waals surface area contributed by atoms with E-state index in [4.69, 9.17) is 9.47 Å². The summed E-state index contributed by atoms with van der Waals surface area (Å²) in [6.07, 6.45) is 0. The van der Waals surface area contributed by atoms with Crippen molar-refractivity contribution in [3.63, 3.8) is 0 Å². The Kier molecular flexibility index (Phi) is 7.65. The van der Waals surface area contributed by atoms with Gasteiger partial charge in [-0.25, -0.2) is 4.31 Å². The first-order chi connectivity index (χ1) is 13.4. The fourth-order valence-corrected chi connectivity index (χ4v) is 3.44. The lowest BCUT2D eigenvalue weighted by Crippen LogP contribution is -2.46.